The van der Waals surface area contributed by atoms with Gasteiger partial charge in [-0.25, -0.2) is 13.4 Å². The lowest BCUT2D eigenvalue weighted by Gasteiger charge is -2.18. The van der Waals surface area contributed by atoms with Crippen molar-refractivity contribution in [3.63, 3.8) is 0 Å². The van der Waals surface area contributed by atoms with Gasteiger partial charge in [0.2, 0.25) is 0 Å². The van der Waals surface area contributed by atoms with Crippen LogP contribution >= 0.6 is 23.2 Å². The first kappa shape index (κ1) is 22.9. The molecular weight excluding hydrogens is 461 g/mol. The van der Waals surface area contributed by atoms with Gasteiger partial charge in [0.05, 0.1) is 9.92 Å². The lowest BCUT2D eigenvalue weighted by molar-refractivity contribution is 0.102. The maximum absolute atomic E-state index is 12.6. The summed E-state index contributed by atoms with van der Waals surface area (Å²) in [5.74, 6) is 0.0290. The van der Waals surface area contributed by atoms with Crippen molar-refractivity contribution in [2.45, 2.75) is 17.9 Å². The molecule has 7 nitrogen and oxygen atoms in total. The van der Waals surface area contributed by atoms with E-state index in [4.69, 9.17) is 33.7 Å². The first-order chi connectivity index (χ1) is 14.5. The number of nitrogens with zero attached hydrogens (tertiary/aromatic N) is 1. The highest BCUT2D eigenvalue weighted by Crippen LogP contribution is 2.32. The Hall–Kier alpha value is -2.81. The summed E-state index contributed by atoms with van der Waals surface area (Å²) < 4.78 is 29.3. The number of benzene rings is 2. The quantitative estimate of drug-likeness (QED) is 0.526. The Morgan fingerprint density at radius 3 is 2.61 bits per heavy atom. The number of hydrogen-bond acceptors (Lipinski definition) is 6. The van der Waals surface area contributed by atoms with Crippen molar-refractivity contribution >= 4 is 50.5 Å². The van der Waals surface area contributed by atoms with Crippen molar-refractivity contribution in [3.8, 4) is 5.75 Å². The monoisotopic (exact) mass is 479 g/mol. The van der Waals surface area contributed by atoms with E-state index < -0.39 is 21.8 Å². The van der Waals surface area contributed by atoms with Crippen molar-refractivity contribution in [2.75, 3.05) is 17.3 Å². The number of carbonyl (C=O) groups excluding carboxylic acids is 1. The minimum absolute atomic E-state index is 0.0617. The van der Waals surface area contributed by atoms with Crippen molar-refractivity contribution in [1.82, 2.24) is 4.98 Å². The van der Waals surface area contributed by atoms with Crippen LogP contribution in [0, 0.1) is 0 Å². The van der Waals surface area contributed by atoms with E-state index in [9.17, 15) is 13.2 Å². The van der Waals surface area contributed by atoms with Crippen LogP contribution < -0.4 is 15.8 Å². The molecule has 1 amide bonds. The van der Waals surface area contributed by atoms with Crippen LogP contribution in [-0.4, -0.2) is 25.6 Å². The molecule has 3 rings (SSSR count). The molecule has 3 aromatic rings. The number of hydrogen-bond donors (Lipinski definition) is 2. The lowest BCUT2D eigenvalue weighted by atomic mass is 10.1. The number of carbonyl (C=O) groups is 1. The Labute approximate surface area is 190 Å². The zero-order chi connectivity index (χ0) is 22.8. The van der Waals surface area contributed by atoms with Gasteiger partial charge in [-0.3, -0.25) is 4.79 Å². The molecule has 0 bridgehead atoms. The highest BCUT2D eigenvalue weighted by molar-refractivity contribution is 7.90. The second-order valence-corrected chi connectivity index (χ2v) is 9.65. The van der Waals surface area contributed by atoms with Crippen LogP contribution in [0.1, 0.15) is 28.9 Å². The van der Waals surface area contributed by atoms with Crippen LogP contribution in [0.4, 0.5) is 11.5 Å². The Kier molecular flexibility index (Phi) is 6.74. The number of rotatable bonds is 6. The molecule has 0 saturated carbocycles. The Balaban J connectivity index is 1.82. The standard InChI is InChI=1S/C21H19Cl2N3O4S/c1-12(30-19-9-14(22)11-25-20(19)24)17-10-15(6-7-18(17)23)26-21(27)13-4-3-5-16(8-13)31(2,28)29/h3-12H,1-2H3,(H2,24,25)(H,26,27). The molecule has 0 saturated heterocycles. The van der Waals surface area contributed by atoms with E-state index in [-0.39, 0.29) is 16.3 Å². The summed E-state index contributed by atoms with van der Waals surface area (Å²) >= 11 is 12.3. The molecule has 1 aromatic heterocycles. The highest BCUT2D eigenvalue weighted by Gasteiger charge is 2.17. The Morgan fingerprint density at radius 2 is 1.90 bits per heavy atom. The molecule has 0 aliphatic carbocycles. The molecular formula is C21H19Cl2N3O4S. The van der Waals surface area contributed by atoms with Gasteiger partial charge in [0, 0.05) is 40.4 Å². The molecule has 0 fully saturated rings. The van der Waals surface area contributed by atoms with Crippen LogP contribution in [0.5, 0.6) is 5.75 Å². The first-order valence-corrected chi connectivity index (χ1v) is 11.7. The fourth-order valence-electron chi connectivity index (χ4n) is 2.78. The van der Waals surface area contributed by atoms with Crippen LogP contribution in [0.3, 0.4) is 0 Å². The van der Waals surface area contributed by atoms with Gasteiger partial charge in [0.1, 0.15) is 6.10 Å². The van der Waals surface area contributed by atoms with E-state index in [0.717, 1.165) is 6.26 Å². The van der Waals surface area contributed by atoms with Gasteiger partial charge in [0.15, 0.2) is 21.4 Å². The molecule has 2 aromatic carbocycles. The molecule has 0 radical (unpaired) electrons. The topological polar surface area (TPSA) is 111 Å². The summed E-state index contributed by atoms with van der Waals surface area (Å²) in [6.45, 7) is 1.77. The number of nitrogen functional groups attached to an aromatic ring is 1. The van der Waals surface area contributed by atoms with Gasteiger partial charge in [-0.05, 0) is 43.3 Å². The fourth-order valence-corrected chi connectivity index (χ4v) is 3.87. The molecule has 31 heavy (non-hydrogen) atoms. The van der Waals surface area contributed by atoms with Crippen LogP contribution in [0.2, 0.25) is 10.0 Å². The van der Waals surface area contributed by atoms with Crippen molar-refractivity contribution < 1.29 is 17.9 Å². The van der Waals surface area contributed by atoms with E-state index in [0.29, 0.717) is 27.0 Å². The third-order valence-electron chi connectivity index (χ3n) is 4.37. The fraction of sp³-hybridized carbons (Fsp3) is 0.143. The maximum Gasteiger partial charge on any atom is 0.255 e. The normalized spacial score (nSPS) is 12.3. The number of halogens is 2. The zero-order valence-electron chi connectivity index (χ0n) is 16.6. The predicted molar refractivity (Wildman–Crippen MR) is 122 cm³/mol. The number of aromatic nitrogens is 1. The van der Waals surface area contributed by atoms with E-state index in [2.05, 4.69) is 10.3 Å². The van der Waals surface area contributed by atoms with Gasteiger partial charge in [0.25, 0.3) is 5.91 Å². The van der Waals surface area contributed by atoms with E-state index in [1.807, 2.05) is 0 Å². The summed E-state index contributed by atoms with van der Waals surface area (Å²) in [5, 5.41) is 3.54. The van der Waals surface area contributed by atoms with Gasteiger partial charge in [-0.15, -0.1) is 0 Å². The number of nitrogens with one attached hydrogen (secondary N) is 1. The Bertz CT molecular complexity index is 1250. The molecule has 10 heteroatoms. The molecule has 0 spiro atoms. The third-order valence-corrected chi connectivity index (χ3v) is 6.03. The number of anilines is 2. The lowest BCUT2D eigenvalue weighted by Crippen LogP contribution is -2.13. The predicted octanol–water partition coefficient (Wildman–Crippen LogP) is 4.77. The molecule has 1 unspecified atom stereocenters. The number of ether oxygens (including phenoxy) is 1. The van der Waals surface area contributed by atoms with E-state index >= 15 is 0 Å². The van der Waals surface area contributed by atoms with Crippen LogP contribution in [0.15, 0.2) is 59.6 Å². The van der Waals surface area contributed by atoms with Gasteiger partial charge >= 0.3 is 0 Å². The summed E-state index contributed by atoms with van der Waals surface area (Å²) in [6.07, 6.45) is 1.97. The number of pyridine rings is 1. The second-order valence-electron chi connectivity index (χ2n) is 6.79. The molecule has 1 heterocycles. The summed E-state index contributed by atoms with van der Waals surface area (Å²) in [7, 11) is -3.43. The van der Waals surface area contributed by atoms with Crippen LogP contribution in [0.25, 0.3) is 0 Å². The minimum atomic E-state index is -3.43. The van der Waals surface area contributed by atoms with Crippen LogP contribution in [-0.2, 0) is 9.84 Å². The van der Waals surface area contributed by atoms with E-state index in [1.54, 1.807) is 31.2 Å². The number of amides is 1. The SMILES string of the molecule is CC(Oc1cc(Cl)cnc1N)c1cc(NC(=O)c2cccc(S(C)(=O)=O)c2)ccc1Cl. The molecule has 1 atom stereocenters. The van der Waals surface area contributed by atoms with Gasteiger partial charge in [-0.2, -0.15) is 0 Å². The van der Waals surface area contributed by atoms with E-state index in [1.165, 1.54) is 30.5 Å². The van der Waals surface area contributed by atoms with Gasteiger partial charge < -0.3 is 15.8 Å². The molecule has 162 valence electrons. The van der Waals surface area contributed by atoms with Crippen molar-refractivity contribution in [1.29, 1.82) is 0 Å². The maximum atomic E-state index is 12.6. The van der Waals surface area contributed by atoms with Crippen molar-refractivity contribution in [3.05, 3.63) is 75.9 Å². The summed E-state index contributed by atoms with van der Waals surface area (Å²) in [6, 6.07) is 12.3. The minimum Gasteiger partial charge on any atom is -0.482 e. The molecule has 3 N–H and O–H groups in total. The molecule has 0 aliphatic heterocycles. The number of sulfone groups is 1. The zero-order valence-corrected chi connectivity index (χ0v) is 18.9. The highest BCUT2D eigenvalue weighted by atomic mass is 35.5. The second kappa shape index (κ2) is 9.13. The summed E-state index contributed by atoms with van der Waals surface area (Å²) in [5.41, 5.74) is 7.10. The van der Waals surface area contributed by atoms with Gasteiger partial charge in [-0.1, -0.05) is 29.3 Å². The number of nitrogens with two attached hydrogens (primary N) is 1. The average Bonchev–Trinajstić information content (AvgIpc) is 2.71. The first-order valence-electron chi connectivity index (χ1n) is 9.03. The smallest absolute Gasteiger partial charge is 0.255 e. The third kappa shape index (κ3) is 5.66. The average molecular weight is 480 g/mol. The Morgan fingerprint density at radius 1 is 1.16 bits per heavy atom. The van der Waals surface area contributed by atoms with Crippen molar-refractivity contribution in [2.24, 2.45) is 0 Å². The summed E-state index contributed by atoms with van der Waals surface area (Å²) in [4.78, 5) is 16.6. The molecule has 0 aliphatic rings. The largest absolute Gasteiger partial charge is 0.482 e.